The van der Waals surface area contributed by atoms with Gasteiger partial charge >= 0.3 is 5.97 Å². The summed E-state index contributed by atoms with van der Waals surface area (Å²) in [5, 5.41) is 12.2. The summed E-state index contributed by atoms with van der Waals surface area (Å²) in [6.45, 7) is 0.794. The lowest BCUT2D eigenvalue weighted by Crippen LogP contribution is -2.03. The fourth-order valence-electron chi connectivity index (χ4n) is 2.69. The van der Waals surface area contributed by atoms with Gasteiger partial charge in [0.1, 0.15) is 12.4 Å². The predicted molar refractivity (Wildman–Crippen MR) is 112 cm³/mol. The second-order valence-corrected chi connectivity index (χ2v) is 7.11. The number of hydrogen-bond acceptors (Lipinski definition) is 4. The molecule has 0 radical (unpaired) electrons. The number of carboxylic acid groups (broad SMARTS) is 1. The molecule has 0 aromatic heterocycles. The van der Waals surface area contributed by atoms with Gasteiger partial charge in [-0.25, -0.2) is 9.18 Å². The molecule has 3 rings (SSSR count). The maximum absolute atomic E-state index is 13.0. The zero-order valence-corrected chi connectivity index (χ0v) is 17.2. The number of methoxy groups -OCH3 is 1. The zero-order valence-electron chi connectivity index (χ0n) is 15.6. The molecule has 150 valence electrons. The van der Waals surface area contributed by atoms with E-state index >= 15 is 0 Å². The van der Waals surface area contributed by atoms with E-state index in [0.29, 0.717) is 18.0 Å². The minimum atomic E-state index is -0.957. The molecule has 0 aliphatic carbocycles. The normalized spacial score (nSPS) is 10.4. The number of carbonyl (C=O) groups is 1. The molecular weight excluding hydrogens is 441 g/mol. The number of halogens is 2. The maximum Gasteiger partial charge on any atom is 0.335 e. The summed E-state index contributed by atoms with van der Waals surface area (Å²) in [7, 11) is 1.56. The third-order valence-corrected chi connectivity index (χ3v) is 4.80. The van der Waals surface area contributed by atoms with E-state index in [2.05, 4.69) is 21.2 Å². The van der Waals surface area contributed by atoms with Crippen molar-refractivity contribution in [2.45, 2.75) is 13.2 Å². The first-order valence-corrected chi connectivity index (χ1v) is 9.56. The summed E-state index contributed by atoms with van der Waals surface area (Å²) in [5.74, 6) is -0.116. The van der Waals surface area contributed by atoms with Crippen molar-refractivity contribution in [3.8, 4) is 11.5 Å². The van der Waals surface area contributed by atoms with Gasteiger partial charge in [-0.3, -0.25) is 0 Å². The molecule has 0 aliphatic rings. The molecule has 0 saturated heterocycles. The number of ether oxygens (including phenoxy) is 2. The molecule has 3 aromatic carbocycles. The van der Waals surface area contributed by atoms with E-state index in [0.717, 1.165) is 21.3 Å². The summed E-state index contributed by atoms with van der Waals surface area (Å²) in [5.41, 5.74) is 2.84. The molecule has 0 atom stereocenters. The first-order chi connectivity index (χ1) is 14.0. The van der Waals surface area contributed by atoms with Crippen LogP contribution in [0.4, 0.5) is 10.1 Å². The van der Waals surface area contributed by atoms with Crippen LogP contribution in [0.1, 0.15) is 21.5 Å². The standard InChI is InChI=1S/C22H19BrFNO4/c1-28-20-11-15(12-25-18-8-4-16(5-9-18)22(26)27)10-19(23)21(20)29-13-14-2-6-17(24)7-3-14/h2-11,25H,12-13H2,1H3,(H,26,27). The molecule has 29 heavy (non-hydrogen) atoms. The smallest absolute Gasteiger partial charge is 0.335 e. The van der Waals surface area contributed by atoms with E-state index < -0.39 is 5.97 Å². The third kappa shape index (κ3) is 5.48. The fraction of sp³-hybridized carbons (Fsp3) is 0.136. The van der Waals surface area contributed by atoms with Gasteiger partial charge in [-0.2, -0.15) is 0 Å². The largest absolute Gasteiger partial charge is 0.493 e. The summed E-state index contributed by atoms with van der Waals surface area (Å²) in [6.07, 6.45) is 0. The molecule has 0 fully saturated rings. The molecule has 0 aliphatic heterocycles. The van der Waals surface area contributed by atoms with Crippen LogP contribution in [0, 0.1) is 5.82 Å². The first kappa shape index (κ1) is 20.7. The summed E-state index contributed by atoms with van der Waals surface area (Å²) < 4.78 is 25.1. The SMILES string of the molecule is COc1cc(CNc2ccc(C(=O)O)cc2)cc(Br)c1OCc1ccc(F)cc1. The Morgan fingerprint density at radius 1 is 1.07 bits per heavy atom. The number of aromatic carboxylic acids is 1. The Morgan fingerprint density at radius 2 is 1.76 bits per heavy atom. The van der Waals surface area contributed by atoms with Gasteiger partial charge in [0, 0.05) is 12.2 Å². The van der Waals surface area contributed by atoms with E-state index in [1.807, 2.05) is 12.1 Å². The highest BCUT2D eigenvalue weighted by Crippen LogP contribution is 2.37. The molecule has 0 unspecified atom stereocenters. The summed E-state index contributed by atoms with van der Waals surface area (Å²) >= 11 is 3.52. The van der Waals surface area contributed by atoms with E-state index in [-0.39, 0.29) is 18.0 Å². The van der Waals surface area contributed by atoms with E-state index in [4.69, 9.17) is 14.6 Å². The van der Waals surface area contributed by atoms with Gasteiger partial charge in [0.2, 0.25) is 0 Å². The topological polar surface area (TPSA) is 67.8 Å². The Kier molecular flexibility index (Phi) is 6.72. The minimum absolute atomic E-state index is 0.239. The monoisotopic (exact) mass is 459 g/mol. The molecular formula is C22H19BrFNO4. The second-order valence-electron chi connectivity index (χ2n) is 6.26. The number of hydrogen-bond donors (Lipinski definition) is 2. The van der Waals surface area contributed by atoms with Crippen LogP contribution in [0.25, 0.3) is 0 Å². The third-order valence-electron chi connectivity index (χ3n) is 4.21. The lowest BCUT2D eigenvalue weighted by molar-refractivity contribution is 0.0697. The van der Waals surface area contributed by atoms with Crippen LogP contribution >= 0.6 is 15.9 Å². The Bertz CT molecular complexity index is 991. The average molecular weight is 460 g/mol. The van der Waals surface area contributed by atoms with Crippen molar-refractivity contribution >= 4 is 27.6 Å². The van der Waals surface area contributed by atoms with Crippen molar-refractivity contribution in [2.75, 3.05) is 12.4 Å². The van der Waals surface area contributed by atoms with Crippen LogP contribution in [-0.4, -0.2) is 18.2 Å². The van der Waals surface area contributed by atoms with Gasteiger partial charge in [0.25, 0.3) is 0 Å². The minimum Gasteiger partial charge on any atom is -0.493 e. The van der Waals surface area contributed by atoms with Crippen LogP contribution in [0.2, 0.25) is 0 Å². The maximum atomic E-state index is 13.0. The van der Waals surface area contributed by atoms with E-state index in [1.165, 1.54) is 12.1 Å². The molecule has 7 heteroatoms. The van der Waals surface area contributed by atoms with Crippen molar-refractivity contribution in [1.29, 1.82) is 0 Å². The number of nitrogens with one attached hydrogen (secondary N) is 1. The van der Waals surface area contributed by atoms with Crippen LogP contribution in [0.15, 0.2) is 65.1 Å². The van der Waals surface area contributed by atoms with Crippen LogP contribution in [0.5, 0.6) is 11.5 Å². The number of rotatable bonds is 8. The molecule has 0 spiro atoms. The Hall–Kier alpha value is -3.06. The lowest BCUT2D eigenvalue weighted by atomic mass is 10.1. The number of benzene rings is 3. The Labute approximate surface area is 176 Å². The van der Waals surface area contributed by atoms with Crippen LogP contribution in [-0.2, 0) is 13.2 Å². The van der Waals surface area contributed by atoms with Gasteiger partial charge in [-0.1, -0.05) is 12.1 Å². The van der Waals surface area contributed by atoms with E-state index in [9.17, 15) is 9.18 Å². The van der Waals surface area contributed by atoms with Crippen molar-refractivity contribution in [2.24, 2.45) is 0 Å². The Morgan fingerprint density at radius 3 is 2.38 bits per heavy atom. The molecule has 0 heterocycles. The van der Waals surface area contributed by atoms with Gasteiger partial charge in [-0.05, 0) is 75.6 Å². The highest BCUT2D eigenvalue weighted by atomic mass is 79.9. The van der Waals surface area contributed by atoms with Gasteiger partial charge in [0.15, 0.2) is 11.5 Å². The Balaban J connectivity index is 1.68. The zero-order chi connectivity index (χ0) is 20.8. The molecule has 0 bridgehead atoms. The first-order valence-electron chi connectivity index (χ1n) is 8.77. The second kappa shape index (κ2) is 9.43. The highest BCUT2D eigenvalue weighted by molar-refractivity contribution is 9.10. The quantitative estimate of drug-likeness (QED) is 0.466. The van der Waals surface area contributed by atoms with Crippen molar-refractivity contribution in [3.05, 3.63) is 87.6 Å². The highest BCUT2D eigenvalue weighted by Gasteiger charge is 2.12. The van der Waals surface area contributed by atoms with E-state index in [1.54, 1.807) is 43.5 Å². The average Bonchev–Trinajstić information content (AvgIpc) is 2.72. The molecule has 5 nitrogen and oxygen atoms in total. The predicted octanol–water partition coefficient (Wildman–Crippen LogP) is 5.49. The summed E-state index contributed by atoms with van der Waals surface area (Å²) in [6, 6.07) is 16.4. The van der Waals surface area contributed by atoms with Crippen molar-refractivity contribution in [1.82, 2.24) is 0 Å². The number of carboxylic acids is 1. The number of anilines is 1. The van der Waals surface area contributed by atoms with Crippen molar-refractivity contribution in [3.63, 3.8) is 0 Å². The fourth-order valence-corrected chi connectivity index (χ4v) is 3.29. The van der Waals surface area contributed by atoms with Crippen LogP contribution in [0.3, 0.4) is 0 Å². The van der Waals surface area contributed by atoms with Crippen molar-refractivity contribution < 1.29 is 23.8 Å². The molecule has 3 aromatic rings. The summed E-state index contributed by atoms with van der Waals surface area (Å²) in [4.78, 5) is 10.9. The molecule has 0 amide bonds. The lowest BCUT2D eigenvalue weighted by Gasteiger charge is -2.15. The van der Waals surface area contributed by atoms with Crippen LogP contribution < -0.4 is 14.8 Å². The molecule has 2 N–H and O–H groups in total. The molecule has 0 saturated carbocycles. The van der Waals surface area contributed by atoms with Gasteiger partial charge in [0.05, 0.1) is 17.1 Å². The van der Waals surface area contributed by atoms with Gasteiger partial charge < -0.3 is 19.9 Å². The van der Waals surface area contributed by atoms with Gasteiger partial charge in [-0.15, -0.1) is 0 Å².